The van der Waals surface area contributed by atoms with E-state index >= 15 is 0 Å². The Kier molecular flexibility index (Phi) is 11.4. The van der Waals surface area contributed by atoms with Gasteiger partial charge in [0.25, 0.3) is 0 Å². The average Bonchev–Trinajstić information content (AvgIpc) is 2.78. The molecule has 0 heterocycles. The summed E-state index contributed by atoms with van der Waals surface area (Å²) < 4.78 is 16.4. The summed E-state index contributed by atoms with van der Waals surface area (Å²) >= 11 is 0. The van der Waals surface area contributed by atoms with Gasteiger partial charge in [-0.15, -0.1) is 0 Å². The number of hydrogen-bond donors (Lipinski definition) is 2. The molecule has 2 N–H and O–H groups in total. The maximum Gasteiger partial charge on any atom is 0.191 e. The van der Waals surface area contributed by atoms with Gasteiger partial charge in [-0.05, 0) is 43.0 Å². The summed E-state index contributed by atoms with van der Waals surface area (Å²) in [7, 11) is 1.70. The highest BCUT2D eigenvalue weighted by Crippen LogP contribution is 2.17. The molecule has 2 aromatic carbocycles. The van der Waals surface area contributed by atoms with Gasteiger partial charge in [0.2, 0.25) is 0 Å². The molecule has 0 unspecified atom stereocenters. The largest absolute Gasteiger partial charge is 0.496 e. The molecule has 0 aromatic heterocycles. The first-order valence-electron chi connectivity index (χ1n) is 10.6. The zero-order chi connectivity index (χ0) is 21.4. The first-order chi connectivity index (χ1) is 14.8. The van der Waals surface area contributed by atoms with Crippen molar-refractivity contribution in [3.8, 4) is 5.75 Å². The lowest BCUT2D eigenvalue weighted by molar-refractivity contribution is 0.0453. The Morgan fingerprint density at radius 1 is 0.933 bits per heavy atom. The molecule has 2 aromatic rings. The Morgan fingerprint density at radius 2 is 1.73 bits per heavy atom. The maximum absolute atomic E-state index is 5.66. The fourth-order valence-electron chi connectivity index (χ4n) is 3.01. The van der Waals surface area contributed by atoms with Gasteiger partial charge in [0.1, 0.15) is 5.75 Å². The molecule has 0 spiro atoms. The number of nitrogens with one attached hydrogen (secondary N) is 2. The van der Waals surface area contributed by atoms with Crippen molar-refractivity contribution < 1.29 is 14.2 Å². The first-order valence-corrected chi connectivity index (χ1v) is 10.6. The van der Waals surface area contributed by atoms with Crippen LogP contribution in [-0.2, 0) is 29.0 Å². The van der Waals surface area contributed by atoms with Crippen LogP contribution in [0.5, 0.6) is 5.75 Å². The third-order valence-corrected chi connectivity index (χ3v) is 4.48. The molecule has 0 bridgehead atoms. The molecule has 0 fully saturated rings. The molecule has 2 rings (SSSR count). The zero-order valence-corrected chi connectivity index (χ0v) is 18.4. The van der Waals surface area contributed by atoms with Crippen molar-refractivity contribution in [3.63, 3.8) is 0 Å². The van der Waals surface area contributed by atoms with Crippen LogP contribution in [0.4, 0.5) is 0 Å². The summed E-state index contributed by atoms with van der Waals surface area (Å²) in [5.41, 5.74) is 3.48. The van der Waals surface area contributed by atoms with E-state index in [2.05, 4.69) is 41.8 Å². The molecule has 0 aliphatic carbocycles. The number of benzene rings is 2. The summed E-state index contributed by atoms with van der Waals surface area (Å²) in [5.74, 6) is 1.73. The van der Waals surface area contributed by atoms with E-state index in [9.17, 15) is 0 Å². The van der Waals surface area contributed by atoms with E-state index in [1.807, 2.05) is 31.2 Å². The second kappa shape index (κ2) is 14.4. The van der Waals surface area contributed by atoms with Gasteiger partial charge in [-0.25, -0.2) is 4.99 Å². The Hall–Kier alpha value is -2.57. The van der Waals surface area contributed by atoms with Crippen LogP contribution < -0.4 is 15.4 Å². The highest BCUT2D eigenvalue weighted by atomic mass is 16.5. The van der Waals surface area contributed by atoms with E-state index in [-0.39, 0.29) is 0 Å². The minimum absolute atomic E-state index is 0.585. The normalized spacial score (nSPS) is 11.4. The van der Waals surface area contributed by atoms with Crippen molar-refractivity contribution in [3.05, 3.63) is 65.2 Å². The summed E-state index contributed by atoms with van der Waals surface area (Å²) in [4.78, 5) is 4.72. The molecule has 6 nitrogen and oxygen atoms in total. The molecule has 30 heavy (non-hydrogen) atoms. The zero-order valence-electron chi connectivity index (χ0n) is 18.4. The third kappa shape index (κ3) is 8.84. The van der Waals surface area contributed by atoms with Crippen LogP contribution in [0.2, 0.25) is 0 Å². The van der Waals surface area contributed by atoms with Crippen molar-refractivity contribution in [2.24, 2.45) is 4.99 Å². The van der Waals surface area contributed by atoms with Crippen molar-refractivity contribution in [2.75, 3.05) is 40.0 Å². The van der Waals surface area contributed by atoms with Gasteiger partial charge in [-0.1, -0.05) is 42.5 Å². The standard InChI is InChI=1S/C24H35N3O3/c1-4-25-24(26-14-13-22-11-6-7-12-23(22)28-3)27-18-20-9-8-10-21(17-20)19-30-16-15-29-5-2/h6-12,17H,4-5,13-16,18-19H2,1-3H3,(H2,25,26,27). The van der Waals surface area contributed by atoms with E-state index in [0.29, 0.717) is 26.4 Å². The van der Waals surface area contributed by atoms with Gasteiger partial charge in [0, 0.05) is 19.7 Å². The van der Waals surface area contributed by atoms with Crippen LogP contribution in [-0.4, -0.2) is 46.0 Å². The minimum Gasteiger partial charge on any atom is -0.496 e. The van der Waals surface area contributed by atoms with Crippen molar-refractivity contribution in [1.29, 1.82) is 0 Å². The molecule has 0 radical (unpaired) electrons. The van der Waals surface area contributed by atoms with E-state index in [1.54, 1.807) is 7.11 Å². The number of para-hydroxylation sites is 1. The summed E-state index contributed by atoms with van der Waals surface area (Å²) in [5, 5.41) is 6.71. The van der Waals surface area contributed by atoms with Gasteiger partial charge in [0.15, 0.2) is 5.96 Å². The predicted molar refractivity (Wildman–Crippen MR) is 122 cm³/mol. The number of hydrogen-bond acceptors (Lipinski definition) is 4. The topological polar surface area (TPSA) is 64.1 Å². The van der Waals surface area contributed by atoms with Crippen LogP contribution in [0.25, 0.3) is 0 Å². The number of aliphatic imine (C=N–C) groups is 1. The lowest BCUT2D eigenvalue weighted by Gasteiger charge is -2.13. The fourth-order valence-corrected chi connectivity index (χ4v) is 3.01. The molecule has 0 saturated carbocycles. The highest BCUT2D eigenvalue weighted by molar-refractivity contribution is 5.79. The molecule has 0 amide bonds. The van der Waals surface area contributed by atoms with Crippen molar-refractivity contribution >= 4 is 5.96 Å². The van der Waals surface area contributed by atoms with Gasteiger partial charge in [-0.2, -0.15) is 0 Å². The van der Waals surface area contributed by atoms with Gasteiger partial charge < -0.3 is 24.8 Å². The summed E-state index contributed by atoms with van der Waals surface area (Å²) in [6.07, 6.45) is 0.864. The smallest absolute Gasteiger partial charge is 0.191 e. The van der Waals surface area contributed by atoms with Gasteiger partial charge >= 0.3 is 0 Å². The average molecular weight is 414 g/mol. The Labute approximate surface area is 180 Å². The molecular formula is C24H35N3O3. The molecule has 164 valence electrons. The Balaban J connectivity index is 1.85. The Morgan fingerprint density at radius 3 is 2.53 bits per heavy atom. The van der Waals surface area contributed by atoms with E-state index in [4.69, 9.17) is 19.2 Å². The lowest BCUT2D eigenvalue weighted by Crippen LogP contribution is -2.38. The summed E-state index contributed by atoms with van der Waals surface area (Å²) in [6, 6.07) is 16.5. The number of nitrogens with zero attached hydrogens (tertiary/aromatic N) is 1. The molecule has 0 saturated heterocycles. The van der Waals surface area contributed by atoms with Crippen LogP contribution in [0.15, 0.2) is 53.5 Å². The molecule has 0 atom stereocenters. The Bertz CT molecular complexity index is 765. The van der Waals surface area contributed by atoms with E-state index < -0.39 is 0 Å². The second-order valence-corrected chi connectivity index (χ2v) is 6.75. The van der Waals surface area contributed by atoms with Crippen LogP contribution in [0.1, 0.15) is 30.5 Å². The maximum atomic E-state index is 5.66. The van der Waals surface area contributed by atoms with Crippen LogP contribution >= 0.6 is 0 Å². The number of guanidine groups is 1. The van der Waals surface area contributed by atoms with Crippen molar-refractivity contribution in [1.82, 2.24) is 10.6 Å². The number of ether oxygens (including phenoxy) is 3. The molecule has 0 aliphatic heterocycles. The van der Waals surface area contributed by atoms with Crippen LogP contribution in [0, 0.1) is 0 Å². The van der Waals surface area contributed by atoms with Gasteiger partial charge in [-0.3, -0.25) is 0 Å². The third-order valence-electron chi connectivity index (χ3n) is 4.48. The molecular weight excluding hydrogens is 378 g/mol. The van der Waals surface area contributed by atoms with E-state index in [1.165, 1.54) is 5.56 Å². The highest BCUT2D eigenvalue weighted by Gasteiger charge is 2.03. The quantitative estimate of drug-likeness (QED) is 0.299. The van der Waals surface area contributed by atoms with Crippen LogP contribution in [0.3, 0.4) is 0 Å². The van der Waals surface area contributed by atoms with Crippen molar-refractivity contribution in [2.45, 2.75) is 33.4 Å². The number of methoxy groups -OCH3 is 1. The summed E-state index contributed by atoms with van der Waals surface area (Å²) in [6.45, 7) is 8.80. The lowest BCUT2D eigenvalue weighted by atomic mass is 10.1. The SMILES string of the molecule is CCNC(=NCc1cccc(COCCOCC)c1)NCCc1ccccc1OC. The minimum atomic E-state index is 0.585. The first kappa shape index (κ1) is 23.7. The second-order valence-electron chi connectivity index (χ2n) is 6.75. The molecule has 6 heteroatoms. The van der Waals surface area contributed by atoms with E-state index in [0.717, 1.165) is 49.0 Å². The molecule has 0 aliphatic rings. The number of rotatable bonds is 13. The fraction of sp³-hybridized carbons (Fsp3) is 0.458. The van der Waals surface area contributed by atoms with Gasteiger partial charge in [0.05, 0.1) is 33.5 Å². The predicted octanol–water partition coefficient (Wildman–Crippen LogP) is 3.55. The monoisotopic (exact) mass is 413 g/mol.